The van der Waals surface area contributed by atoms with Crippen LogP contribution in [-0.2, 0) is 32.5 Å². The van der Waals surface area contributed by atoms with Crippen molar-refractivity contribution in [1.82, 2.24) is 16.0 Å². The molecule has 3 N–H and O–H groups in total. The van der Waals surface area contributed by atoms with Gasteiger partial charge in [0.1, 0.15) is 17.2 Å². The van der Waals surface area contributed by atoms with Gasteiger partial charge < -0.3 is 30.2 Å². The zero-order valence-corrected chi connectivity index (χ0v) is 40.9. The number of hydrogen-bond donors (Lipinski definition) is 3. The van der Waals surface area contributed by atoms with E-state index in [1.54, 1.807) is 75.9 Å². The fourth-order valence-electron chi connectivity index (χ4n) is 7.31. The van der Waals surface area contributed by atoms with Gasteiger partial charge in [-0.3, -0.25) is 28.0 Å². The number of ether oxygens (including phenoxy) is 3. The highest BCUT2D eigenvalue weighted by Gasteiger charge is 2.33. The van der Waals surface area contributed by atoms with Crippen LogP contribution in [0.5, 0.6) is 17.2 Å². The summed E-state index contributed by atoms with van der Waals surface area (Å²) in [5, 5.41) is 9.23. The number of carbonyl (C=O) groups excluding carboxylic acids is 3. The Bertz CT molecular complexity index is 1650. The molecule has 65 heavy (non-hydrogen) atoms. The predicted octanol–water partition coefficient (Wildman–Crippen LogP) is 11.8. The lowest BCUT2D eigenvalue weighted by atomic mass is 10.1. The number of phosphoric acid groups is 1. The second-order valence-corrected chi connectivity index (χ2v) is 18.2. The van der Waals surface area contributed by atoms with E-state index in [0.29, 0.717) is 53.2 Å². The molecule has 0 fully saturated rings. The molecular formula is C51H78N3O10P. The third-order valence-corrected chi connectivity index (χ3v) is 12.6. The number of amides is 3. The van der Waals surface area contributed by atoms with E-state index < -0.39 is 25.9 Å². The lowest BCUT2D eigenvalue weighted by molar-refractivity contribution is -0.123. The van der Waals surface area contributed by atoms with E-state index in [0.717, 1.165) is 96.3 Å². The number of carbonyl (C=O) groups is 3. The smallest absolute Gasteiger partial charge is 0.475 e. The number of rotatable bonds is 36. The van der Waals surface area contributed by atoms with Crippen LogP contribution in [0.3, 0.4) is 0 Å². The Morgan fingerprint density at radius 3 is 0.985 bits per heavy atom. The normalized spacial score (nSPS) is 13.5. The van der Waals surface area contributed by atoms with E-state index in [9.17, 15) is 14.4 Å². The average molecular weight is 924 g/mol. The molecule has 3 amide bonds. The van der Waals surface area contributed by atoms with Crippen LogP contribution in [0.15, 0.2) is 72.8 Å². The molecule has 3 atom stereocenters. The molecule has 0 spiro atoms. The molecule has 0 saturated carbocycles. The maximum Gasteiger partial charge on any atom is 0.475 e. The van der Waals surface area contributed by atoms with E-state index in [1.165, 1.54) is 0 Å². The number of unbranched alkanes of at least 4 members (excludes halogenated alkanes) is 12. The Balaban J connectivity index is 1.98. The van der Waals surface area contributed by atoms with Gasteiger partial charge in [-0.05, 0) is 72.4 Å². The first-order valence-corrected chi connectivity index (χ1v) is 25.4. The predicted molar refractivity (Wildman–Crippen MR) is 257 cm³/mol. The van der Waals surface area contributed by atoms with E-state index in [4.69, 9.17) is 27.8 Å². The van der Waals surface area contributed by atoms with Crippen molar-refractivity contribution < 1.29 is 46.7 Å². The first kappa shape index (κ1) is 54.9. The quantitative estimate of drug-likeness (QED) is 0.0378. The van der Waals surface area contributed by atoms with Crippen molar-refractivity contribution in [2.75, 3.05) is 41.2 Å². The Morgan fingerprint density at radius 2 is 0.723 bits per heavy atom. The van der Waals surface area contributed by atoms with E-state index in [1.807, 2.05) is 18.2 Å². The zero-order chi connectivity index (χ0) is 47.1. The number of benzene rings is 3. The molecule has 0 radical (unpaired) electrons. The Morgan fingerprint density at radius 1 is 0.446 bits per heavy atom. The van der Waals surface area contributed by atoms with Crippen LogP contribution >= 0.6 is 7.82 Å². The Kier molecular flexibility index (Phi) is 27.3. The molecule has 3 rings (SSSR count). The number of phosphoric ester groups is 1. The summed E-state index contributed by atoms with van der Waals surface area (Å²) in [6, 6.07) is 19.4. The van der Waals surface area contributed by atoms with Gasteiger partial charge in [-0.15, -0.1) is 0 Å². The van der Waals surface area contributed by atoms with Crippen LogP contribution in [0.4, 0.5) is 0 Å². The standard InChI is InChI=1S/C51H78N3O10P/c1-7-10-13-16-19-31-49(55)52-46(40-25-22-28-43(34-40)59-4)37-62-65(58,63-38-47(41-26-23-29-44(35-41)60-5)53-50(56)32-20-17-14-11-8-2)64-39-48(42-27-24-30-45(36-42)61-6)54-51(57)33-21-18-15-12-9-3/h22-30,34-36,46-48H,7-21,31-33,37-39H2,1-6H3,(H,52,55)(H,53,56)(H,54,57). The van der Waals surface area contributed by atoms with Gasteiger partial charge in [0.05, 0.1) is 59.3 Å². The summed E-state index contributed by atoms with van der Waals surface area (Å²) in [7, 11) is 0.0987. The van der Waals surface area contributed by atoms with Crippen molar-refractivity contribution in [2.24, 2.45) is 0 Å². The summed E-state index contributed by atoms with van der Waals surface area (Å²) in [5.41, 5.74) is 1.99. The summed E-state index contributed by atoms with van der Waals surface area (Å²) in [6.07, 6.45) is 15.7. The van der Waals surface area contributed by atoms with Crippen LogP contribution in [0.25, 0.3) is 0 Å². The second kappa shape index (κ2) is 32.3. The highest BCUT2D eigenvalue weighted by Crippen LogP contribution is 2.51. The van der Waals surface area contributed by atoms with E-state index in [-0.39, 0.29) is 37.5 Å². The number of nitrogens with one attached hydrogen (secondary N) is 3. The minimum Gasteiger partial charge on any atom is -0.497 e. The molecule has 14 heteroatoms. The van der Waals surface area contributed by atoms with Gasteiger partial charge in [-0.25, -0.2) is 4.57 Å². The summed E-state index contributed by atoms with van der Waals surface area (Å²) in [6.45, 7) is 5.55. The summed E-state index contributed by atoms with van der Waals surface area (Å²) in [4.78, 5) is 40.2. The monoisotopic (exact) mass is 924 g/mol. The van der Waals surface area contributed by atoms with Crippen LogP contribution in [0.2, 0.25) is 0 Å². The molecule has 0 aliphatic rings. The molecule has 0 saturated heterocycles. The van der Waals surface area contributed by atoms with Gasteiger partial charge in [0.15, 0.2) is 0 Å². The Labute approximate surface area is 389 Å². The van der Waals surface area contributed by atoms with E-state index in [2.05, 4.69) is 36.7 Å². The van der Waals surface area contributed by atoms with Gasteiger partial charge >= 0.3 is 7.82 Å². The SMILES string of the molecule is CCCCCCCC(=O)NC(COP(=O)(OCC(NC(=O)CCCCCCC)c1cccc(OC)c1)OCC(NC(=O)CCCCCCC)c1cccc(OC)c1)c1cccc(OC)c1. The van der Waals surface area contributed by atoms with Gasteiger partial charge in [-0.2, -0.15) is 0 Å². The lowest BCUT2D eigenvalue weighted by Crippen LogP contribution is -2.33. The summed E-state index contributed by atoms with van der Waals surface area (Å²) >= 11 is 0. The molecular weight excluding hydrogens is 846 g/mol. The molecule has 3 unspecified atom stereocenters. The average Bonchev–Trinajstić information content (AvgIpc) is 3.32. The lowest BCUT2D eigenvalue weighted by Gasteiger charge is -2.27. The highest BCUT2D eigenvalue weighted by molar-refractivity contribution is 7.48. The third-order valence-electron chi connectivity index (χ3n) is 11.2. The second-order valence-electron chi connectivity index (χ2n) is 16.5. The molecule has 0 aromatic heterocycles. The molecule has 0 heterocycles. The van der Waals surface area contributed by atoms with Gasteiger partial charge in [0.25, 0.3) is 0 Å². The minimum atomic E-state index is -4.58. The third kappa shape index (κ3) is 22.1. The van der Waals surface area contributed by atoms with Crippen LogP contribution in [0, 0.1) is 0 Å². The maximum absolute atomic E-state index is 15.2. The van der Waals surface area contributed by atoms with Crippen molar-refractivity contribution in [3.05, 3.63) is 89.5 Å². The first-order valence-electron chi connectivity index (χ1n) is 23.9. The maximum atomic E-state index is 15.2. The van der Waals surface area contributed by atoms with Crippen LogP contribution < -0.4 is 30.2 Å². The van der Waals surface area contributed by atoms with E-state index >= 15 is 4.57 Å². The first-order chi connectivity index (χ1) is 31.6. The molecule has 0 bridgehead atoms. The Hall–Kier alpha value is -4.42. The van der Waals surface area contributed by atoms with Crippen LogP contribution in [-0.4, -0.2) is 58.9 Å². The molecule has 13 nitrogen and oxygen atoms in total. The topological polar surface area (TPSA) is 160 Å². The molecule has 362 valence electrons. The summed E-state index contributed by atoms with van der Waals surface area (Å²) in [5.74, 6) is 1.17. The highest BCUT2D eigenvalue weighted by atomic mass is 31.2. The number of hydrogen-bond acceptors (Lipinski definition) is 10. The van der Waals surface area contributed by atoms with Crippen molar-refractivity contribution >= 4 is 25.5 Å². The van der Waals surface area contributed by atoms with Gasteiger partial charge in [0.2, 0.25) is 17.7 Å². The minimum absolute atomic E-state index is 0.180. The van der Waals surface area contributed by atoms with Crippen molar-refractivity contribution in [3.8, 4) is 17.2 Å². The largest absolute Gasteiger partial charge is 0.497 e. The fourth-order valence-corrected chi connectivity index (χ4v) is 8.53. The molecule has 3 aromatic carbocycles. The summed E-state index contributed by atoms with van der Waals surface area (Å²) < 4.78 is 50.4. The zero-order valence-electron chi connectivity index (χ0n) is 40.0. The number of methoxy groups -OCH3 is 3. The molecule has 3 aromatic rings. The van der Waals surface area contributed by atoms with Crippen molar-refractivity contribution in [3.63, 3.8) is 0 Å². The van der Waals surface area contributed by atoms with Crippen molar-refractivity contribution in [2.45, 2.75) is 154 Å². The fraction of sp³-hybridized carbons (Fsp3) is 0.588. The van der Waals surface area contributed by atoms with Crippen LogP contribution in [0.1, 0.15) is 171 Å². The molecule has 0 aliphatic heterocycles. The van der Waals surface area contributed by atoms with Crippen molar-refractivity contribution in [1.29, 1.82) is 0 Å². The van der Waals surface area contributed by atoms with Gasteiger partial charge in [-0.1, -0.05) is 134 Å². The molecule has 0 aliphatic carbocycles. The van der Waals surface area contributed by atoms with Gasteiger partial charge in [0, 0.05) is 19.3 Å².